The van der Waals surface area contributed by atoms with Crippen molar-refractivity contribution in [3.05, 3.63) is 0 Å². The van der Waals surface area contributed by atoms with Crippen LogP contribution in [0.1, 0.15) is 53.4 Å². The highest BCUT2D eigenvalue weighted by Gasteiger charge is 2.32. The SMILES string of the molecule is CC(C)OCCC(C)(C)OCCC(=O)ON1C(=O)CCC1=O. The van der Waals surface area contributed by atoms with Crippen LogP contribution in [-0.2, 0) is 28.7 Å². The lowest BCUT2D eigenvalue weighted by Crippen LogP contribution is -2.33. The largest absolute Gasteiger partial charge is 0.379 e. The number of hydrogen-bond acceptors (Lipinski definition) is 6. The van der Waals surface area contributed by atoms with E-state index in [0.717, 1.165) is 0 Å². The minimum atomic E-state index is -0.655. The lowest BCUT2D eigenvalue weighted by atomic mass is 10.1. The smallest absolute Gasteiger partial charge is 0.335 e. The highest BCUT2D eigenvalue weighted by atomic mass is 16.7. The van der Waals surface area contributed by atoms with Crippen LogP contribution in [-0.4, -0.2) is 47.8 Å². The van der Waals surface area contributed by atoms with Crippen molar-refractivity contribution in [3.63, 3.8) is 0 Å². The molecule has 0 atom stereocenters. The molecule has 0 aromatic rings. The van der Waals surface area contributed by atoms with Crippen LogP contribution in [0.4, 0.5) is 0 Å². The number of hydroxylamine groups is 2. The fraction of sp³-hybridized carbons (Fsp3) is 0.800. The third-order valence-electron chi connectivity index (χ3n) is 3.15. The van der Waals surface area contributed by atoms with Crippen LogP contribution in [0.3, 0.4) is 0 Å². The van der Waals surface area contributed by atoms with Crippen molar-refractivity contribution >= 4 is 17.8 Å². The molecule has 0 spiro atoms. The van der Waals surface area contributed by atoms with Gasteiger partial charge in [-0.2, -0.15) is 0 Å². The lowest BCUT2D eigenvalue weighted by molar-refractivity contribution is -0.198. The number of nitrogens with zero attached hydrogens (tertiary/aromatic N) is 1. The third kappa shape index (κ3) is 6.53. The molecule has 0 N–H and O–H groups in total. The van der Waals surface area contributed by atoms with Crippen molar-refractivity contribution in [2.75, 3.05) is 13.2 Å². The van der Waals surface area contributed by atoms with Gasteiger partial charge in [-0.15, -0.1) is 5.06 Å². The number of carbonyl (C=O) groups is 3. The molecule has 0 aliphatic carbocycles. The van der Waals surface area contributed by atoms with Gasteiger partial charge in [-0.1, -0.05) is 0 Å². The molecule has 1 aliphatic heterocycles. The normalized spacial score (nSPS) is 15.8. The van der Waals surface area contributed by atoms with Gasteiger partial charge in [-0.3, -0.25) is 9.59 Å². The molecule has 1 fully saturated rings. The van der Waals surface area contributed by atoms with Crippen molar-refractivity contribution < 1.29 is 28.7 Å². The zero-order valence-electron chi connectivity index (χ0n) is 13.7. The fourth-order valence-corrected chi connectivity index (χ4v) is 1.83. The second-order valence-corrected chi connectivity index (χ2v) is 6.07. The summed E-state index contributed by atoms with van der Waals surface area (Å²) in [6, 6.07) is 0. The maximum absolute atomic E-state index is 11.6. The number of ether oxygens (including phenoxy) is 2. The van der Waals surface area contributed by atoms with E-state index in [-0.39, 0.29) is 32.0 Å². The summed E-state index contributed by atoms with van der Waals surface area (Å²) in [6.07, 6.45) is 1.02. The van der Waals surface area contributed by atoms with Crippen LogP contribution in [0, 0.1) is 0 Å². The molecule has 0 radical (unpaired) electrons. The Labute approximate surface area is 130 Å². The summed E-state index contributed by atoms with van der Waals surface area (Å²) < 4.78 is 11.1. The van der Waals surface area contributed by atoms with E-state index in [1.807, 2.05) is 27.7 Å². The first kappa shape index (κ1) is 18.6. The predicted octanol–water partition coefficient (Wildman–Crippen LogP) is 1.59. The molecule has 0 saturated carbocycles. The molecule has 1 rings (SSSR count). The summed E-state index contributed by atoms with van der Waals surface area (Å²) in [5.74, 6) is -1.62. The van der Waals surface area contributed by atoms with E-state index in [1.54, 1.807) is 0 Å². The second kappa shape index (κ2) is 8.24. The van der Waals surface area contributed by atoms with Gasteiger partial charge in [0.1, 0.15) is 0 Å². The van der Waals surface area contributed by atoms with Crippen molar-refractivity contribution in [1.82, 2.24) is 5.06 Å². The molecule has 22 heavy (non-hydrogen) atoms. The minimum Gasteiger partial charge on any atom is -0.379 e. The van der Waals surface area contributed by atoms with E-state index < -0.39 is 23.4 Å². The zero-order chi connectivity index (χ0) is 16.8. The molecule has 1 heterocycles. The Hall–Kier alpha value is -1.47. The Bertz CT molecular complexity index is 402. The Morgan fingerprint density at radius 2 is 1.77 bits per heavy atom. The molecule has 1 saturated heterocycles. The van der Waals surface area contributed by atoms with E-state index in [4.69, 9.17) is 14.3 Å². The average Bonchev–Trinajstić information content (AvgIpc) is 2.69. The Kier molecular flexibility index (Phi) is 6.96. The first-order chi connectivity index (χ1) is 10.2. The maximum atomic E-state index is 11.6. The molecule has 7 heteroatoms. The van der Waals surface area contributed by atoms with Gasteiger partial charge in [0, 0.05) is 19.4 Å². The quantitative estimate of drug-likeness (QED) is 0.601. The van der Waals surface area contributed by atoms with E-state index in [1.165, 1.54) is 0 Å². The Morgan fingerprint density at radius 1 is 1.18 bits per heavy atom. The number of rotatable bonds is 9. The van der Waals surface area contributed by atoms with Crippen molar-refractivity contribution in [3.8, 4) is 0 Å². The number of hydrogen-bond donors (Lipinski definition) is 0. The van der Waals surface area contributed by atoms with Crippen LogP contribution in [0.15, 0.2) is 0 Å². The highest BCUT2D eigenvalue weighted by Crippen LogP contribution is 2.16. The maximum Gasteiger partial charge on any atom is 0.335 e. The van der Waals surface area contributed by atoms with Crippen LogP contribution in [0.2, 0.25) is 0 Å². The number of amides is 2. The summed E-state index contributed by atoms with van der Waals surface area (Å²) in [5, 5.41) is 0.546. The lowest BCUT2D eigenvalue weighted by Gasteiger charge is -2.25. The molecule has 126 valence electrons. The molecular formula is C15H25NO6. The molecule has 1 aliphatic rings. The van der Waals surface area contributed by atoms with Gasteiger partial charge in [0.25, 0.3) is 11.8 Å². The van der Waals surface area contributed by atoms with Crippen molar-refractivity contribution in [1.29, 1.82) is 0 Å². The van der Waals surface area contributed by atoms with Gasteiger partial charge >= 0.3 is 5.97 Å². The van der Waals surface area contributed by atoms with Gasteiger partial charge in [-0.05, 0) is 34.1 Å². The van der Waals surface area contributed by atoms with Crippen molar-refractivity contribution in [2.24, 2.45) is 0 Å². The second-order valence-electron chi connectivity index (χ2n) is 6.07. The first-order valence-electron chi connectivity index (χ1n) is 7.53. The molecule has 2 amide bonds. The third-order valence-corrected chi connectivity index (χ3v) is 3.15. The topological polar surface area (TPSA) is 82.1 Å². The van der Waals surface area contributed by atoms with E-state index in [0.29, 0.717) is 18.1 Å². The monoisotopic (exact) mass is 315 g/mol. The molecule has 0 unspecified atom stereocenters. The number of imide groups is 1. The molecular weight excluding hydrogens is 290 g/mol. The molecule has 7 nitrogen and oxygen atoms in total. The van der Waals surface area contributed by atoms with E-state index in [9.17, 15) is 14.4 Å². The first-order valence-corrected chi connectivity index (χ1v) is 7.53. The summed E-state index contributed by atoms with van der Waals surface area (Å²) in [4.78, 5) is 39.0. The predicted molar refractivity (Wildman–Crippen MR) is 77.5 cm³/mol. The Balaban J connectivity index is 2.23. The van der Waals surface area contributed by atoms with Crippen molar-refractivity contribution in [2.45, 2.75) is 65.1 Å². The number of carbonyl (C=O) groups excluding carboxylic acids is 3. The van der Waals surface area contributed by atoms with E-state index in [2.05, 4.69) is 0 Å². The van der Waals surface area contributed by atoms with Crippen LogP contribution >= 0.6 is 0 Å². The molecule has 0 bridgehead atoms. The fourth-order valence-electron chi connectivity index (χ4n) is 1.83. The van der Waals surface area contributed by atoms with Gasteiger partial charge in [0.15, 0.2) is 0 Å². The van der Waals surface area contributed by atoms with Gasteiger partial charge in [0.2, 0.25) is 0 Å². The summed E-state index contributed by atoms with van der Waals surface area (Å²) in [5.41, 5.74) is -0.422. The molecule has 0 aromatic heterocycles. The van der Waals surface area contributed by atoms with Gasteiger partial charge < -0.3 is 14.3 Å². The van der Waals surface area contributed by atoms with Crippen LogP contribution < -0.4 is 0 Å². The molecule has 0 aromatic carbocycles. The van der Waals surface area contributed by atoms with Gasteiger partial charge in [0.05, 0.1) is 24.7 Å². The van der Waals surface area contributed by atoms with Crippen LogP contribution in [0.5, 0.6) is 0 Å². The Morgan fingerprint density at radius 3 is 2.32 bits per heavy atom. The standard InChI is InChI=1S/C15H25NO6/c1-11(2)20-10-8-15(3,4)21-9-7-14(19)22-16-12(17)5-6-13(16)18/h11H,5-10H2,1-4H3. The minimum absolute atomic E-state index is 0.0223. The summed E-state index contributed by atoms with van der Waals surface area (Å²) >= 11 is 0. The zero-order valence-corrected chi connectivity index (χ0v) is 13.7. The average molecular weight is 315 g/mol. The van der Waals surface area contributed by atoms with Crippen LogP contribution in [0.25, 0.3) is 0 Å². The van der Waals surface area contributed by atoms with E-state index >= 15 is 0 Å². The summed E-state index contributed by atoms with van der Waals surface area (Å²) in [6.45, 7) is 8.48. The van der Waals surface area contributed by atoms with Gasteiger partial charge in [-0.25, -0.2) is 4.79 Å². The highest BCUT2D eigenvalue weighted by molar-refractivity contribution is 6.01. The summed E-state index contributed by atoms with van der Waals surface area (Å²) in [7, 11) is 0.